The summed E-state index contributed by atoms with van der Waals surface area (Å²) in [5.41, 5.74) is -1.53. The third kappa shape index (κ3) is 9.92. The third-order valence-electron chi connectivity index (χ3n) is 12.8. The number of anilines is 1. The fraction of sp³-hybridized carbons (Fsp3) is 0.568. The number of nitrogens with zero attached hydrogens (tertiary/aromatic N) is 11. The van der Waals surface area contributed by atoms with Crippen molar-refractivity contribution in [3.05, 3.63) is 77.1 Å². The van der Waals surface area contributed by atoms with E-state index >= 15 is 0 Å². The molecule has 4 aliphatic rings. The van der Waals surface area contributed by atoms with Crippen molar-refractivity contribution >= 4 is 6.01 Å². The molecule has 20 heteroatoms. The average molecular weight is 896 g/mol. The van der Waals surface area contributed by atoms with Crippen LogP contribution in [0.3, 0.4) is 0 Å². The van der Waals surface area contributed by atoms with Crippen molar-refractivity contribution in [2.24, 2.45) is 35.5 Å². The van der Waals surface area contributed by atoms with Gasteiger partial charge in [-0.1, -0.05) is 17.3 Å². The Morgan fingerprint density at radius 3 is 1.50 bits per heavy atom. The molecule has 5 heterocycles. The van der Waals surface area contributed by atoms with E-state index in [-0.39, 0.29) is 35.6 Å². The maximum absolute atomic E-state index is 13.1. The summed E-state index contributed by atoms with van der Waals surface area (Å²) in [5.74, 6) is 4.73. The maximum Gasteiger partial charge on any atom is 0.416 e. The van der Waals surface area contributed by atoms with E-state index in [0.29, 0.717) is 71.8 Å². The number of hydrogen-bond acceptors (Lipinski definition) is 12. The highest BCUT2D eigenvalue weighted by Gasteiger charge is 2.45. The summed E-state index contributed by atoms with van der Waals surface area (Å²) in [6, 6.07) is 10.5. The van der Waals surface area contributed by atoms with Crippen molar-refractivity contribution in [1.29, 1.82) is 5.26 Å². The predicted molar refractivity (Wildman–Crippen MR) is 219 cm³/mol. The van der Waals surface area contributed by atoms with E-state index in [1.54, 1.807) is 9.36 Å². The van der Waals surface area contributed by atoms with Gasteiger partial charge >= 0.3 is 30.4 Å². The Morgan fingerprint density at radius 2 is 1.12 bits per heavy atom. The van der Waals surface area contributed by atoms with Crippen molar-refractivity contribution in [3.8, 4) is 29.7 Å². The number of nitriles is 1. The standard InChI is InChI=1S/C23H27F3N6O2.C21H24F3N5O/c1-13(2)32-22(33-18-6-4-5-17(9-18)23(24,25)26)28-20(29-32)10-19-15-7-8-16(19)12-31(11-15)21-27-14(3)30-34-21;1-13(2)29-20(30-17-5-3-4-16(8-17)21(22,23)24)26-19(27-29)9-18-14-6-7-15(18)11-28(10-14)12-25/h4-6,9,13,15-16,19H,7-8,10-12H2,1-3H3;3-5,8,13-15,18H,6-7,9-11H2,1-2H3/t15-,16+,19?;14-,15+,18?. The number of fused-ring (bicyclic) bond motifs is 4. The molecule has 0 radical (unpaired) electrons. The molecule has 6 atom stereocenters. The summed E-state index contributed by atoms with van der Waals surface area (Å²) in [6.45, 7) is 12.8. The number of halogens is 6. The predicted octanol–water partition coefficient (Wildman–Crippen LogP) is 9.72. The molecule has 0 spiro atoms. The number of aromatic nitrogens is 8. The number of alkyl halides is 6. The van der Waals surface area contributed by atoms with Gasteiger partial charge in [-0.25, -0.2) is 9.36 Å². The molecular weight excluding hydrogens is 845 g/mol. The molecular formula is C44H51F6N11O3. The lowest BCUT2D eigenvalue weighted by atomic mass is 9.82. The van der Waals surface area contributed by atoms with Crippen LogP contribution in [0, 0.1) is 53.9 Å². The van der Waals surface area contributed by atoms with Gasteiger partial charge in [0.1, 0.15) is 11.5 Å². The number of aryl methyl sites for hydroxylation is 1. The Kier molecular flexibility index (Phi) is 12.5. The van der Waals surface area contributed by atoms with Crippen molar-refractivity contribution < 1.29 is 40.3 Å². The number of piperidine rings is 2. The highest BCUT2D eigenvalue weighted by atomic mass is 19.4. The molecule has 5 aromatic rings. The molecule has 4 bridgehead atoms. The summed E-state index contributed by atoms with van der Waals surface area (Å²) in [7, 11) is 0. The van der Waals surface area contributed by atoms with E-state index in [2.05, 4.69) is 41.4 Å². The first-order valence-corrected chi connectivity index (χ1v) is 21.7. The molecule has 64 heavy (non-hydrogen) atoms. The van der Waals surface area contributed by atoms with E-state index in [0.717, 1.165) is 76.1 Å². The SMILES string of the molecule is CC(C)n1nc(CC2[C@@H]3CC[C@H]2CN(C#N)C3)nc1Oc1cccc(C(F)(F)F)c1.Cc1noc(N2C[C@H]3CC[C@@H](C2)C3Cc2nc(Oc3cccc(C(F)(F)F)c3)n(C(C)C)n2)n1. The number of rotatable bonds is 11. The molecule has 9 rings (SSSR count). The molecule has 0 amide bonds. The summed E-state index contributed by atoms with van der Waals surface area (Å²) in [4.78, 5) is 17.5. The van der Waals surface area contributed by atoms with Crippen LogP contribution in [0.2, 0.25) is 0 Å². The Hall–Kier alpha value is -5.87. The fourth-order valence-electron chi connectivity index (χ4n) is 9.78. The molecule has 2 saturated heterocycles. The second-order valence-corrected chi connectivity index (χ2v) is 17.9. The van der Waals surface area contributed by atoms with Gasteiger partial charge in [-0.2, -0.15) is 56.8 Å². The molecule has 2 aromatic carbocycles. The average Bonchev–Trinajstić information content (AvgIpc) is 4.05. The van der Waals surface area contributed by atoms with Gasteiger partial charge in [-0.3, -0.25) is 0 Å². The van der Waals surface area contributed by atoms with Gasteiger partial charge < -0.3 is 23.8 Å². The lowest BCUT2D eigenvalue weighted by Gasteiger charge is -2.36. The van der Waals surface area contributed by atoms with Gasteiger partial charge in [0.05, 0.1) is 23.2 Å². The number of likely N-dealkylation sites (tertiary alicyclic amines) is 1. The normalized spacial score (nSPS) is 23.1. The van der Waals surface area contributed by atoms with Gasteiger partial charge in [0.25, 0.3) is 0 Å². The Balaban J connectivity index is 0.000000176. The first-order valence-electron chi connectivity index (χ1n) is 21.7. The zero-order chi connectivity index (χ0) is 45.5. The molecule has 4 fully saturated rings. The van der Waals surface area contributed by atoms with Crippen LogP contribution in [0.1, 0.15) is 94.1 Å². The first kappa shape index (κ1) is 44.7. The van der Waals surface area contributed by atoms with Crippen molar-refractivity contribution in [1.82, 2.24) is 44.6 Å². The van der Waals surface area contributed by atoms with Gasteiger partial charge in [0, 0.05) is 39.0 Å². The van der Waals surface area contributed by atoms with E-state index in [1.165, 1.54) is 24.3 Å². The molecule has 2 aliphatic heterocycles. The number of ether oxygens (including phenoxy) is 2. The summed E-state index contributed by atoms with van der Waals surface area (Å²) >= 11 is 0. The van der Waals surface area contributed by atoms with Crippen molar-refractivity contribution in [2.45, 2.75) is 97.6 Å². The monoisotopic (exact) mass is 895 g/mol. The summed E-state index contributed by atoms with van der Waals surface area (Å²) in [5, 5.41) is 22.3. The molecule has 2 aliphatic carbocycles. The van der Waals surface area contributed by atoms with Crippen molar-refractivity contribution in [3.63, 3.8) is 0 Å². The Bertz CT molecular complexity index is 2410. The van der Waals surface area contributed by atoms with Crippen LogP contribution in [0.25, 0.3) is 0 Å². The van der Waals surface area contributed by atoms with E-state index < -0.39 is 23.5 Å². The smallest absolute Gasteiger partial charge is 0.416 e. The quantitative estimate of drug-likeness (QED) is 0.0918. The van der Waals surface area contributed by atoms with Crippen LogP contribution < -0.4 is 14.4 Å². The lowest BCUT2D eigenvalue weighted by Crippen LogP contribution is -2.43. The van der Waals surface area contributed by atoms with Gasteiger partial charge in [0.15, 0.2) is 23.7 Å². The van der Waals surface area contributed by atoms with E-state index in [4.69, 9.17) is 14.0 Å². The minimum absolute atomic E-state index is 0.0517. The fourth-order valence-corrected chi connectivity index (χ4v) is 9.78. The second-order valence-electron chi connectivity index (χ2n) is 17.9. The first-order chi connectivity index (χ1) is 30.4. The van der Waals surface area contributed by atoms with E-state index in [1.807, 2.05) is 39.5 Å². The molecule has 2 saturated carbocycles. The lowest BCUT2D eigenvalue weighted by molar-refractivity contribution is -0.138. The maximum atomic E-state index is 13.1. The van der Waals surface area contributed by atoms with Gasteiger partial charge in [-0.15, -0.1) is 0 Å². The topological polar surface area (TPSA) is 149 Å². The molecule has 0 N–H and O–H groups in total. The van der Waals surface area contributed by atoms with Crippen LogP contribution in [0.4, 0.5) is 32.4 Å². The highest BCUT2D eigenvalue weighted by Crippen LogP contribution is 2.45. The highest BCUT2D eigenvalue weighted by molar-refractivity contribution is 5.33. The largest absolute Gasteiger partial charge is 0.424 e. The van der Waals surface area contributed by atoms with E-state index in [9.17, 15) is 31.6 Å². The number of hydrogen-bond donors (Lipinski definition) is 0. The number of benzene rings is 2. The minimum Gasteiger partial charge on any atom is -0.424 e. The molecule has 3 aromatic heterocycles. The zero-order valence-electron chi connectivity index (χ0n) is 36.2. The minimum atomic E-state index is -4.44. The van der Waals surface area contributed by atoms with Gasteiger partial charge in [0.2, 0.25) is 0 Å². The van der Waals surface area contributed by atoms with Crippen LogP contribution >= 0.6 is 0 Å². The molecule has 14 nitrogen and oxygen atoms in total. The van der Waals surface area contributed by atoms with Crippen LogP contribution in [0.15, 0.2) is 53.1 Å². The van der Waals surface area contributed by atoms with Crippen LogP contribution in [-0.4, -0.2) is 70.7 Å². The Morgan fingerprint density at radius 1 is 0.688 bits per heavy atom. The van der Waals surface area contributed by atoms with Crippen molar-refractivity contribution in [2.75, 3.05) is 31.1 Å². The van der Waals surface area contributed by atoms with Gasteiger partial charge in [-0.05, 0) is 132 Å². The summed E-state index contributed by atoms with van der Waals surface area (Å²) < 4.78 is 98.4. The zero-order valence-corrected chi connectivity index (χ0v) is 36.2. The Labute approximate surface area is 366 Å². The molecule has 342 valence electrons. The van der Waals surface area contributed by atoms with Crippen LogP contribution in [0.5, 0.6) is 23.5 Å². The van der Waals surface area contributed by atoms with Crippen LogP contribution in [-0.2, 0) is 25.2 Å². The summed E-state index contributed by atoms with van der Waals surface area (Å²) in [6.07, 6.45) is -0.781. The third-order valence-corrected chi connectivity index (χ3v) is 12.8. The molecule has 2 unspecified atom stereocenters. The second kappa shape index (κ2) is 18.0.